The fraction of sp³-hybridized carbons (Fsp3) is 0.385. The number of carbonyl (C=O) groups excluding carboxylic acids is 2. The van der Waals surface area contributed by atoms with E-state index in [-0.39, 0.29) is 17.4 Å². The van der Waals surface area contributed by atoms with Gasteiger partial charge in [0.05, 0.1) is 5.56 Å². The molecule has 0 radical (unpaired) electrons. The van der Waals surface area contributed by atoms with Crippen molar-refractivity contribution in [2.75, 3.05) is 6.54 Å². The third kappa shape index (κ3) is 2.32. The van der Waals surface area contributed by atoms with Gasteiger partial charge in [-0.05, 0) is 34.0 Å². The van der Waals surface area contributed by atoms with Crippen molar-refractivity contribution in [1.82, 2.24) is 4.90 Å². The minimum Gasteiger partial charge on any atom is -0.278 e. The molecule has 18 heavy (non-hydrogen) atoms. The molecule has 0 saturated carbocycles. The molecule has 1 aliphatic rings. The monoisotopic (exact) mass is 313 g/mol. The Kier molecular flexibility index (Phi) is 3.80. The molecule has 96 valence electrons. The number of hydrogen-bond acceptors (Lipinski definition) is 2. The van der Waals surface area contributed by atoms with Crippen LogP contribution in [0.1, 0.15) is 30.1 Å². The molecule has 0 aromatic heterocycles. The number of amides is 2. The van der Waals surface area contributed by atoms with Crippen LogP contribution in [0.5, 0.6) is 0 Å². The molecule has 1 aromatic rings. The minimum atomic E-state index is -0.609. The van der Waals surface area contributed by atoms with Crippen molar-refractivity contribution in [1.29, 1.82) is 0 Å². The number of rotatable bonds is 2. The van der Waals surface area contributed by atoms with Gasteiger partial charge in [0.1, 0.15) is 5.82 Å². The van der Waals surface area contributed by atoms with E-state index in [1.807, 2.05) is 6.92 Å². The summed E-state index contributed by atoms with van der Waals surface area (Å²) in [6.07, 6.45) is 1.21. The first-order valence-corrected chi connectivity index (χ1v) is 6.62. The second-order valence-electron chi connectivity index (χ2n) is 4.38. The van der Waals surface area contributed by atoms with E-state index in [1.54, 1.807) is 6.07 Å². The fourth-order valence-corrected chi connectivity index (χ4v) is 2.60. The highest BCUT2D eigenvalue weighted by molar-refractivity contribution is 9.10. The van der Waals surface area contributed by atoms with Crippen LogP contribution in [-0.2, 0) is 4.79 Å². The van der Waals surface area contributed by atoms with E-state index in [1.165, 1.54) is 12.1 Å². The number of hydrogen-bond donors (Lipinski definition) is 0. The summed E-state index contributed by atoms with van der Waals surface area (Å²) in [7, 11) is 0. The van der Waals surface area contributed by atoms with Crippen LogP contribution in [0.15, 0.2) is 22.7 Å². The van der Waals surface area contributed by atoms with E-state index in [0.717, 1.165) is 11.3 Å². The normalized spacial score (nSPS) is 19.4. The van der Waals surface area contributed by atoms with Gasteiger partial charge in [0, 0.05) is 17.4 Å². The van der Waals surface area contributed by atoms with E-state index >= 15 is 0 Å². The number of halogens is 2. The Hall–Kier alpha value is -1.23. The van der Waals surface area contributed by atoms with Gasteiger partial charge in [0.15, 0.2) is 0 Å². The smallest absolute Gasteiger partial charge is 0.264 e. The minimum absolute atomic E-state index is 0.0670. The quantitative estimate of drug-likeness (QED) is 0.787. The van der Waals surface area contributed by atoms with Crippen LogP contribution in [0.2, 0.25) is 0 Å². The SMILES string of the molecule is CCC1CC(=O)N(C(=O)c2c(F)cccc2Br)C1. The lowest BCUT2D eigenvalue weighted by atomic mass is 10.1. The third-order valence-corrected chi connectivity index (χ3v) is 3.87. The van der Waals surface area contributed by atoms with Crippen molar-refractivity contribution in [3.8, 4) is 0 Å². The van der Waals surface area contributed by atoms with Crippen molar-refractivity contribution in [3.05, 3.63) is 34.1 Å². The van der Waals surface area contributed by atoms with E-state index < -0.39 is 11.7 Å². The van der Waals surface area contributed by atoms with Crippen LogP contribution >= 0.6 is 15.9 Å². The lowest BCUT2D eigenvalue weighted by molar-refractivity contribution is -0.125. The molecule has 0 bridgehead atoms. The number of likely N-dealkylation sites (tertiary alicyclic amines) is 1. The van der Waals surface area contributed by atoms with Crippen molar-refractivity contribution < 1.29 is 14.0 Å². The zero-order chi connectivity index (χ0) is 13.3. The van der Waals surface area contributed by atoms with E-state index in [4.69, 9.17) is 0 Å². The van der Waals surface area contributed by atoms with Crippen molar-refractivity contribution in [2.24, 2.45) is 5.92 Å². The second kappa shape index (κ2) is 5.18. The molecule has 3 nitrogen and oxygen atoms in total. The molecule has 1 saturated heterocycles. The molecule has 1 fully saturated rings. The molecule has 1 aromatic carbocycles. The van der Waals surface area contributed by atoms with Crippen LogP contribution in [0, 0.1) is 11.7 Å². The third-order valence-electron chi connectivity index (χ3n) is 3.20. The highest BCUT2D eigenvalue weighted by Gasteiger charge is 2.34. The van der Waals surface area contributed by atoms with Gasteiger partial charge >= 0.3 is 0 Å². The largest absolute Gasteiger partial charge is 0.278 e. The molecule has 1 unspecified atom stereocenters. The van der Waals surface area contributed by atoms with Gasteiger partial charge in [0.2, 0.25) is 5.91 Å². The van der Waals surface area contributed by atoms with E-state index in [9.17, 15) is 14.0 Å². The van der Waals surface area contributed by atoms with E-state index in [0.29, 0.717) is 17.4 Å². The predicted octanol–water partition coefficient (Wildman–Crippen LogP) is 2.99. The molecule has 1 heterocycles. The van der Waals surface area contributed by atoms with Crippen LogP contribution < -0.4 is 0 Å². The zero-order valence-corrected chi connectivity index (χ0v) is 11.5. The zero-order valence-electron chi connectivity index (χ0n) is 9.95. The molecule has 0 N–H and O–H groups in total. The molecule has 0 spiro atoms. The Balaban J connectivity index is 2.30. The highest BCUT2D eigenvalue weighted by Crippen LogP contribution is 2.26. The number of carbonyl (C=O) groups is 2. The van der Waals surface area contributed by atoms with Gasteiger partial charge in [-0.25, -0.2) is 4.39 Å². The topological polar surface area (TPSA) is 37.4 Å². The Morgan fingerprint density at radius 2 is 2.28 bits per heavy atom. The Morgan fingerprint density at radius 1 is 1.56 bits per heavy atom. The summed E-state index contributed by atoms with van der Waals surface area (Å²) in [5.74, 6) is -1.20. The maximum Gasteiger partial charge on any atom is 0.264 e. The summed E-state index contributed by atoms with van der Waals surface area (Å²) < 4.78 is 14.0. The average molecular weight is 314 g/mol. The highest BCUT2D eigenvalue weighted by atomic mass is 79.9. The first-order valence-electron chi connectivity index (χ1n) is 5.83. The molecule has 1 aliphatic heterocycles. The number of imide groups is 1. The Morgan fingerprint density at radius 3 is 2.83 bits per heavy atom. The summed E-state index contributed by atoms with van der Waals surface area (Å²) in [6, 6.07) is 4.32. The summed E-state index contributed by atoms with van der Waals surface area (Å²) >= 11 is 3.15. The average Bonchev–Trinajstić information content (AvgIpc) is 2.70. The van der Waals surface area contributed by atoms with Gasteiger partial charge in [0.25, 0.3) is 5.91 Å². The first kappa shape index (κ1) is 13.2. The maximum atomic E-state index is 13.7. The second-order valence-corrected chi connectivity index (χ2v) is 5.24. The van der Waals surface area contributed by atoms with Gasteiger partial charge in [-0.15, -0.1) is 0 Å². The van der Waals surface area contributed by atoms with Crippen LogP contribution in [0.4, 0.5) is 4.39 Å². The predicted molar refractivity (Wildman–Crippen MR) is 68.5 cm³/mol. The van der Waals surface area contributed by atoms with E-state index in [2.05, 4.69) is 15.9 Å². The van der Waals surface area contributed by atoms with Gasteiger partial charge in [-0.1, -0.05) is 19.4 Å². The lowest BCUT2D eigenvalue weighted by Gasteiger charge is -2.15. The molecule has 1 atom stereocenters. The molecule has 2 amide bonds. The Bertz CT molecular complexity index is 484. The Labute approximate surface area is 113 Å². The molecular formula is C13H13BrFNO2. The van der Waals surface area contributed by atoms with Crippen molar-refractivity contribution in [2.45, 2.75) is 19.8 Å². The number of nitrogens with zero attached hydrogens (tertiary/aromatic N) is 1. The standard InChI is InChI=1S/C13H13BrFNO2/c1-2-8-6-11(17)16(7-8)13(18)12-9(14)4-3-5-10(12)15/h3-5,8H,2,6-7H2,1H3. The van der Waals surface area contributed by atoms with Crippen molar-refractivity contribution >= 4 is 27.7 Å². The van der Waals surface area contributed by atoms with Crippen LogP contribution in [-0.4, -0.2) is 23.3 Å². The maximum absolute atomic E-state index is 13.7. The fourth-order valence-electron chi connectivity index (χ4n) is 2.09. The molecule has 5 heteroatoms. The molecule has 0 aliphatic carbocycles. The van der Waals surface area contributed by atoms with Gasteiger partial charge in [-0.3, -0.25) is 14.5 Å². The molecular weight excluding hydrogens is 301 g/mol. The van der Waals surface area contributed by atoms with Gasteiger partial charge in [-0.2, -0.15) is 0 Å². The number of benzene rings is 1. The summed E-state index contributed by atoms with van der Waals surface area (Å²) in [5.41, 5.74) is -0.0670. The molecule has 2 rings (SSSR count). The summed E-state index contributed by atoms with van der Waals surface area (Å²) in [5, 5.41) is 0. The first-order chi connectivity index (χ1) is 8.54. The summed E-state index contributed by atoms with van der Waals surface area (Å²) in [4.78, 5) is 25.1. The van der Waals surface area contributed by atoms with Crippen LogP contribution in [0.25, 0.3) is 0 Å². The summed E-state index contributed by atoms with van der Waals surface area (Å²) in [6.45, 7) is 2.36. The van der Waals surface area contributed by atoms with Gasteiger partial charge < -0.3 is 0 Å². The van der Waals surface area contributed by atoms with Crippen molar-refractivity contribution in [3.63, 3.8) is 0 Å². The lowest BCUT2D eigenvalue weighted by Crippen LogP contribution is -2.33. The van der Waals surface area contributed by atoms with Crippen LogP contribution in [0.3, 0.4) is 0 Å².